The molecular formula is C20H21Br2NO. The molecule has 2 aromatic carbocycles. The number of halogens is 2. The zero-order valence-electron chi connectivity index (χ0n) is 13.7. The summed E-state index contributed by atoms with van der Waals surface area (Å²) < 4.78 is 2.08. The van der Waals surface area contributed by atoms with E-state index in [2.05, 4.69) is 67.9 Å². The van der Waals surface area contributed by atoms with E-state index in [4.69, 9.17) is 0 Å². The molecule has 1 aliphatic carbocycles. The van der Waals surface area contributed by atoms with Crippen molar-refractivity contribution in [3.8, 4) is 0 Å². The van der Waals surface area contributed by atoms with E-state index in [0.717, 1.165) is 27.0 Å². The lowest BCUT2D eigenvalue weighted by molar-refractivity contribution is 0.0892. The lowest BCUT2D eigenvalue weighted by atomic mass is 10.0. The predicted molar refractivity (Wildman–Crippen MR) is 105 cm³/mol. The van der Waals surface area contributed by atoms with Gasteiger partial charge in [0, 0.05) is 27.1 Å². The van der Waals surface area contributed by atoms with Gasteiger partial charge in [-0.15, -0.1) is 0 Å². The van der Waals surface area contributed by atoms with Crippen molar-refractivity contribution in [3.05, 3.63) is 68.6 Å². The maximum absolute atomic E-state index is 12.7. The maximum Gasteiger partial charge on any atom is 0.176 e. The first-order valence-corrected chi connectivity index (χ1v) is 9.90. The molecule has 1 atom stereocenters. The van der Waals surface area contributed by atoms with E-state index in [-0.39, 0.29) is 11.8 Å². The van der Waals surface area contributed by atoms with Crippen LogP contribution in [0.2, 0.25) is 0 Å². The number of ketones is 1. The summed E-state index contributed by atoms with van der Waals surface area (Å²) in [5, 5.41) is 0. The van der Waals surface area contributed by atoms with Crippen LogP contribution in [0.3, 0.4) is 0 Å². The van der Waals surface area contributed by atoms with Crippen molar-refractivity contribution in [2.75, 3.05) is 13.1 Å². The van der Waals surface area contributed by atoms with Crippen LogP contribution in [0.4, 0.5) is 0 Å². The predicted octanol–water partition coefficient (Wildman–Crippen LogP) is 5.87. The highest BCUT2D eigenvalue weighted by molar-refractivity contribution is 9.10. The van der Waals surface area contributed by atoms with E-state index in [9.17, 15) is 4.79 Å². The highest BCUT2D eigenvalue weighted by Gasteiger charge is 2.28. The van der Waals surface area contributed by atoms with E-state index in [0.29, 0.717) is 6.54 Å². The number of carbonyl (C=O) groups is 1. The molecule has 1 saturated carbocycles. The molecule has 0 aromatic heterocycles. The monoisotopic (exact) mass is 449 g/mol. The Morgan fingerprint density at radius 2 is 1.58 bits per heavy atom. The van der Waals surface area contributed by atoms with Crippen molar-refractivity contribution in [3.63, 3.8) is 0 Å². The van der Waals surface area contributed by atoms with Crippen molar-refractivity contribution < 1.29 is 4.79 Å². The lowest BCUT2D eigenvalue weighted by Gasteiger charge is -2.29. The standard InChI is InChI=1S/C20H21Br2NO/c1-14(16-4-8-18(21)9-5-16)23(12-15-2-3-15)13-20(24)17-6-10-19(22)11-7-17/h4-11,14-15H,2-3,12-13H2,1H3. The number of carbonyl (C=O) groups excluding carboxylic acids is 1. The summed E-state index contributed by atoms with van der Waals surface area (Å²) in [6, 6.07) is 16.3. The normalized spacial score (nSPS) is 15.5. The van der Waals surface area contributed by atoms with Crippen LogP contribution in [0.1, 0.15) is 41.7 Å². The fourth-order valence-corrected chi connectivity index (χ4v) is 3.38. The molecule has 0 N–H and O–H groups in total. The van der Waals surface area contributed by atoms with E-state index < -0.39 is 0 Å². The summed E-state index contributed by atoms with van der Waals surface area (Å²) in [6.07, 6.45) is 2.58. The van der Waals surface area contributed by atoms with Crippen LogP contribution in [0.15, 0.2) is 57.5 Å². The summed E-state index contributed by atoms with van der Waals surface area (Å²) in [5.74, 6) is 0.938. The van der Waals surface area contributed by atoms with Gasteiger partial charge in [0.1, 0.15) is 0 Å². The first-order valence-electron chi connectivity index (χ1n) is 8.31. The highest BCUT2D eigenvalue weighted by atomic mass is 79.9. The quantitative estimate of drug-likeness (QED) is 0.491. The molecule has 24 heavy (non-hydrogen) atoms. The second-order valence-corrected chi connectivity index (χ2v) is 8.36. The molecule has 1 unspecified atom stereocenters. The molecule has 0 amide bonds. The molecule has 0 bridgehead atoms. The van der Waals surface area contributed by atoms with Crippen LogP contribution in [-0.2, 0) is 0 Å². The third-order valence-corrected chi connectivity index (χ3v) is 5.66. The maximum atomic E-state index is 12.7. The molecule has 2 aromatic rings. The molecule has 0 aliphatic heterocycles. The summed E-state index contributed by atoms with van der Waals surface area (Å²) in [4.78, 5) is 15.0. The topological polar surface area (TPSA) is 20.3 Å². The van der Waals surface area contributed by atoms with Gasteiger partial charge in [-0.1, -0.05) is 56.1 Å². The van der Waals surface area contributed by atoms with E-state index in [1.807, 2.05) is 24.3 Å². The van der Waals surface area contributed by atoms with Gasteiger partial charge in [-0.3, -0.25) is 9.69 Å². The number of Topliss-reactive ketones (excluding diaryl/α,β-unsaturated/α-hetero) is 1. The molecule has 4 heteroatoms. The minimum Gasteiger partial charge on any atom is -0.293 e. The van der Waals surface area contributed by atoms with E-state index >= 15 is 0 Å². The van der Waals surface area contributed by atoms with Gasteiger partial charge in [-0.2, -0.15) is 0 Å². The van der Waals surface area contributed by atoms with Crippen LogP contribution in [0.25, 0.3) is 0 Å². The molecule has 0 heterocycles. The van der Waals surface area contributed by atoms with Gasteiger partial charge in [-0.25, -0.2) is 0 Å². The van der Waals surface area contributed by atoms with Gasteiger partial charge in [-0.05, 0) is 55.5 Å². The zero-order chi connectivity index (χ0) is 17.1. The van der Waals surface area contributed by atoms with E-state index in [1.165, 1.54) is 18.4 Å². The number of benzene rings is 2. The Morgan fingerprint density at radius 3 is 2.12 bits per heavy atom. The fourth-order valence-electron chi connectivity index (χ4n) is 2.86. The number of rotatable bonds is 7. The molecule has 1 fully saturated rings. The van der Waals surface area contributed by atoms with Gasteiger partial charge in [0.25, 0.3) is 0 Å². The lowest BCUT2D eigenvalue weighted by Crippen LogP contribution is -2.34. The zero-order valence-corrected chi connectivity index (χ0v) is 16.9. The highest BCUT2D eigenvalue weighted by Crippen LogP contribution is 2.33. The second kappa shape index (κ2) is 7.94. The minimum absolute atomic E-state index is 0.187. The van der Waals surface area contributed by atoms with Gasteiger partial charge in [0.15, 0.2) is 5.78 Å². The van der Waals surface area contributed by atoms with Gasteiger partial charge in [0.05, 0.1) is 6.54 Å². The Bertz CT molecular complexity index is 693. The fraction of sp³-hybridized carbons (Fsp3) is 0.350. The number of nitrogens with zero attached hydrogens (tertiary/aromatic N) is 1. The molecular weight excluding hydrogens is 430 g/mol. The van der Waals surface area contributed by atoms with Crippen LogP contribution < -0.4 is 0 Å². The first-order chi connectivity index (χ1) is 11.5. The number of hydrogen-bond acceptors (Lipinski definition) is 2. The molecule has 126 valence electrons. The van der Waals surface area contributed by atoms with Crippen LogP contribution in [0, 0.1) is 5.92 Å². The summed E-state index contributed by atoms with van der Waals surface area (Å²) in [5.41, 5.74) is 2.03. The van der Waals surface area contributed by atoms with Gasteiger partial charge in [0.2, 0.25) is 0 Å². The summed E-state index contributed by atoms with van der Waals surface area (Å²) in [6.45, 7) is 3.66. The smallest absolute Gasteiger partial charge is 0.176 e. The van der Waals surface area contributed by atoms with E-state index in [1.54, 1.807) is 0 Å². The third-order valence-electron chi connectivity index (χ3n) is 4.60. The number of hydrogen-bond donors (Lipinski definition) is 0. The Balaban J connectivity index is 1.74. The van der Waals surface area contributed by atoms with Crippen molar-refractivity contribution in [1.29, 1.82) is 0 Å². The van der Waals surface area contributed by atoms with Crippen molar-refractivity contribution in [2.24, 2.45) is 5.92 Å². The largest absolute Gasteiger partial charge is 0.293 e. The Kier molecular flexibility index (Phi) is 5.90. The average Bonchev–Trinajstić information content (AvgIpc) is 3.39. The Labute approximate surface area is 160 Å². The van der Waals surface area contributed by atoms with Gasteiger partial charge < -0.3 is 0 Å². The SMILES string of the molecule is CC(c1ccc(Br)cc1)N(CC(=O)c1ccc(Br)cc1)CC1CC1. The summed E-state index contributed by atoms with van der Waals surface area (Å²) in [7, 11) is 0. The molecule has 3 rings (SSSR count). The first kappa shape index (κ1) is 17.8. The third kappa shape index (κ3) is 4.78. The van der Waals surface area contributed by atoms with Gasteiger partial charge >= 0.3 is 0 Å². The Morgan fingerprint density at radius 1 is 1.04 bits per heavy atom. The molecule has 0 saturated heterocycles. The van der Waals surface area contributed by atoms with Crippen molar-refractivity contribution >= 4 is 37.6 Å². The van der Waals surface area contributed by atoms with Crippen molar-refractivity contribution in [1.82, 2.24) is 4.90 Å². The van der Waals surface area contributed by atoms with Crippen LogP contribution >= 0.6 is 31.9 Å². The van der Waals surface area contributed by atoms with Crippen LogP contribution in [-0.4, -0.2) is 23.8 Å². The molecule has 0 spiro atoms. The molecule has 2 nitrogen and oxygen atoms in total. The second-order valence-electron chi connectivity index (χ2n) is 6.53. The van der Waals surface area contributed by atoms with Crippen molar-refractivity contribution in [2.45, 2.75) is 25.8 Å². The molecule has 1 aliphatic rings. The average molecular weight is 451 g/mol. The Hall–Kier alpha value is -0.970. The van der Waals surface area contributed by atoms with Crippen LogP contribution in [0.5, 0.6) is 0 Å². The molecule has 0 radical (unpaired) electrons. The summed E-state index contributed by atoms with van der Waals surface area (Å²) >= 11 is 6.91. The minimum atomic E-state index is 0.187.